The number of aryl methyl sites for hydroxylation is 1. The van der Waals surface area contributed by atoms with Crippen LogP contribution in [0.5, 0.6) is 0 Å². The van der Waals surface area contributed by atoms with E-state index in [1.165, 1.54) is 35.9 Å². The molecule has 12 heteroatoms. The van der Waals surface area contributed by atoms with Crippen molar-refractivity contribution in [1.29, 1.82) is 0 Å². The molecule has 3 rings (SSSR count). The minimum Gasteiger partial charge on any atom is -0.311 e. The standard InChI is InChI=1S/C16H17N7O3S2/c1-9(2)6-13-19-20-15(28-13)18-14(24)10-4-5-12(11(7-10)23(25)26)27-16-21-17-8-22(16)3/h4-5,7-9H,6H2,1-3H3,(H,18,20,24). The fourth-order valence-corrected chi connectivity index (χ4v) is 4.05. The summed E-state index contributed by atoms with van der Waals surface area (Å²) in [5.74, 6) is -0.0522. The molecule has 0 spiro atoms. The molecule has 28 heavy (non-hydrogen) atoms. The Balaban J connectivity index is 1.79. The van der Waals surface area contributed by atoms with E-state index in [0.29, 0.717) is 21.1 Å². The molecule has 0 saturated heterocycles. The van der Waals surface area contributed by atoms with E-state index in [0.717, 1.165) is 23.2 Å². The Morgan fingerprint density at radius 1 is 1.36 bits per heavy atom. The molecule has 2 aromatic heterocycles. The number of benzene rings is 1. The Hall–Kier alpha value is -2.86. The lowest BCUT2D eigenvalue weighted by atomic mass is 10.1. The van der Waals surface area contributed by atoms with Crippen LogP contribution in [0.4, 0.5) is 10.8 Å². The van der Waals surface area contributed by atoms with Gasteiger partial charge in [-0.05, 0) is 29.8 Å². The molecule has 3 aromatic rings. The maximum atomic E-state index is 12.5. The van der Waals surface area contributed by atoms with Crippen LogP contribution in [0.1, 0.15) is 29.2 Å². The topological polar surface area (TPSA) is 129 Å². The van der Waals surface area contributed by atoms with Crippen molar-refractivity contribution in [3.05, 3.63) is 45.2 Å². The highest BCUT2D eigenvalue weighted by atomic mass is 32.2. The summed E-state index contributed by atoms with van der Waals surface area (Å²) < 4.78 is 1.65. The number of rotatable bonds is 7. The zero-order valence-corrected chi connectivity index (χ0v) is 17.0. The number of nitrogens with one attached hydrogen (secondary N) is 1. The largest absolute Gasteiger partial charge is 0.311 e. The average Bonchev–Trinajstić information content (AvgIpc) is 3.23. The average molecular weight is 419 g/mol. The molecule has 0 aliphatic rings. The van der Waals surface area contributed by atoms with E-state index >= 15 is 0 Å². The Bertz CT molecular complexity index is 1020. The summed E-state index contributed by atoms with van der Waals surface area (Å²) >= 11 is 2.40. The molecule has 0 atom stereocenters. The predicted octanol–water partition coefficient (Wildman–Crippen LogP) is 3.18. The van der Waals surface area contributed by atoms with Crippen molar-refractivity contribution >= 4 is 39.8 Å². The number of hydrogen-bond donors (Lipinski definition) is 1. The number of nitro groups is 1. The third kappa shape index (κ3) is 4.70. The highest BCUT2D eigenvalue weighted by molar-refractivity contribution is 7.99. The number of carbonyl (C=O) groups is 1. The van der Waals surface area contributed by atoms with Crippen molar-refractivity contribution in [3.8, 4) is 0 Å². The molecule has 0 bridgehead atoms. The molecule has 10 nitrogen and oxygen atoms in total. The van der Waals surface area contributed by atoms with Crippen LogP contribution in [0.25, 0.3) is 0 Å². The lowest BCUT2D eigenvalue weighted by Gasteiger charge is -2.05. The highest BCUT2D eigenvalue weighted by Crippen LogP contribution is 2.34. The van der Waals surface area contributed by atoms with E-state index in [-0.39, 0.29) is 11.3 Å². The van der Waals surface area contributed by atoms with Crippen LogP contribution in [0, 0.1) is 16.0 Å². The first-order chi connectivity index (χ1) is 13.3. The Kier molecular flexibility index (Phi) is 5.99. The molecular weight excluding hydrogens is 402 g/mol. The molecule has 0 radical (unpaired) electrons. The second kappa shape index (κ2) is 8.44. The van der Waals surface area contributed by atoms with E-state index in [1.54, 1.807) is 11.6 Å². The van der Waals surface area contributed by atoms with Crippen LogP contribution < -0.4 is 5.32 Å². The first-order valence-corrected chi connectivity index (χ1v) is 9.90. The number of nitro benzene ring substituents is 1. The maximum Gasteiger partial charge on any atom is 0.284 e. The van der Waals surface area contributed by atoms with Gasteiger partial charge in [0.15, 0.2) is 5.16 Å². The van der Waals surface area contributed by atoms with Crippen molar-refractivity contribution in [2.45, 2.75) is 30.3 Å². The molecule has 0 saturated carbocycles. The molecule has 2 heterocycles. The highest BCUT2D eigenvalue weighted by Gasteiger charge is 2.20. The van der Waals surface area contributed by atoms with Gasteiger partial charge in [0.05, 0.1) is 9.82 Å². The van der Waals surface area contributed by atoms with Gasteiger partial charge < -0.3 is 4.57 Å². The summed E-state index contributed by atoms with van der Waals surface area (Å²) in [5.41, 5.74) is -0.0203. The molecule has 1 N–H and O–H groups in total. The molecule has 1 aromatic carbocycles. The van der Waals surface area contributed by atoms with Crippen molar-refractivity contribution in [2.24, 2.45) is 13.0 Å². The number of carbonyl (C=O) groups excluding carboxylic acids is 1. The monoisotopic (exact) mass is 419 g/mol. The second-order valence-corrected chi connectivity index (χ2v) is 8.39. The predicted molar refractivity (Wildman–Crippen MR) is 105 cm³/mol. The van der Waals surface area contributed by atoms with Crippen LogP contribution in [0.3, 0.4) is 0 Å². The van der Waals surface area contributed by atoms with Crippen molar-refractivity contribution < 1.29 is 9.72 Å². The molecular formula is C16H17N7O3S2. The molecule has 1 amide bonds. The number of amides is 1. The minimum absolute atomic E-state index is 0.162. The van der Waals surface area contributed by atoms with Gasteiger partial charge >= 0.3 is 0 Å². The minimum atomic E-state index is -0.527. The van der Waals surface area contributed by atoms with Gasteiger partial charge in [-0.15, -0.1) is 20.4 Å². The molecule has 0 aliphatic carbocycles. The van der Waals surface area contributed by atoms with Crippen LogP contribution >= 0.6 is 23.1 Å². The van der Waals surface area contributed by atoms with E-state index in [1.807, 2.05) is 0 Å². The number of hydrogen-bond acceptors (Lipinski definition) is 9. The van der Waals surface area contributed by atoms with Gasteiger partial charge in [-0.1, -0.05) is 25.2 Å². The summed E-state index contributed by atoms with van der Waals surface area (Å²) in [7, 11) is 1.74. The van der Waals surface area contributed by atoms with E-state index in [9.17, 15) is 14.9 Å². The Morgan fingerprint density at radius 2 is 2.14 bits per heavy atom. The summed E-state index contributed by atoms with van der Waals surface area (Å²) in [6.45, 7) is 4.14. The molecule has 0 fully saturated rings. The van der Waals surface area contributed by atoms with Gasteiger partial charge in [0.2, 0.25) is 5.13 Å². The molecule has 146 valence electrons. The van der Waals surface area contributed by atoms with Crippen LogP contribution in [-0.2, 0) is 13.5 Å². The maximum absolute atomic E-state index is 12.5. The van der Waals surface area contributed by atoms with Gasteiger partial charge in [0, 0.05) is 25.1 Å². The van der Waals surface area contributed by atoms with Gasteiger partial charge in [0.1, 0.15) is 11.3 Å². The zero-order valence-electron chi connectivity index (χ0n) is 15.3. The quantitative estimate of drug-likeness (QED) is 0.457. The van der Waals surface area contributed by atoms with E-state index < -0.39 is 10.8 Å². The van der Waals surface area contributed by atoms with Gasteiger partial charge in [-0.2, -0.15) is 0 Å². The SMILES string of the molecule is CC(C)Cc1nnc(NC(=O)c2ccc(Sc3nncn3C)c([N+](=O)[O-])c2)s1. The first-order valence-electron chi connectivity index (χ1n) is 8.27. The fourth-order valence-electron chi connectivity index (χ4n) is 2.26. The van der Waals surface area contributed by atoms with Crippen molar-refractivity contribution in [2.75, 3.05) is 5.32 Å². The Labute approximate surface area is 168 Å². The van der Waals surface area contributed by atoms with Gasteiger partial charge in [0.25, 0.3) is 11.6 Å². The van der Waals surface area contributed by atoms with Crippen LogP contribution in [0.15, 0.2) is 34.6 Å². The lowest BCUT2D eigenvalue weighted by Crippen LogP contribution is -2.12. The third-order valence-corrected chi connectivity index (χ3v) is 5.54. The summed E-state index contributed by atoms with van der Waals surface area (Å²) in [6.07, 6.45) is 2.28. The number of nitrogens with zero attached hydrogens (tertiary/aromatic N) is 6. The molecule has 0 aliphatic heterocycles. The van der Waals surface area contributed by atoms with E-state index in [4.69, 9.17) is 0 Å². The van der Waals surface area contributed by atoms with Crippen molar-refractivity contribution in [3.63, 3.8) is 0 Å². The van der Waals surface area contributed by atoms with Gasteiger partial charge in [-0.25, -0.2) is 0 Å². The third-order valence-electron chi connectivity index (χ3n) is 3.56. The second-order valence-electron chi connectivity index (χ2n) is 6.32. The zero-order chi connectivity index (χ0) is 20.3. The summed E-state index contributed by atoms with van der Waals surface area (Å²) in [5, 5.41) is 31.5. The fraction of sp³-hybridized carbons (Fsp3) is 0.312. The molecule has 0 unspecified atom stereocenters. The number of aromatic nitrogens is 5. The lowest BCUT2D eigenvalue weighted by molar-refractivity contribution is -0.387. The number of anilines is 1. The smallest absolute Gasteiger partial charge is 0.284 e. The summed E-state index contributed by atoms with van der Waals surface area (Å²) in [6, 6.07) is 4.29. The Morgan fingerprint density at radius 3 is 2.79 bits per heavy atom. The van der Waals surface area contributed by atoms with Crippen LogP contribution in [0.2, 0.25) is 0 Å². The van der Waals surface area contributed by atoms with Gasteiger partial charge in [-0.3, -0.25) is 20.2 Å². The van der Waals surface area contributed by atoms with Crippen LogP contribution in [-0.4, -0.2) is 35.8 Å². The summed E-state index contributed by atoms with van der Waals surface area (Å²) in [4.78, 5) is 23.8. The first kappa shape index (κ1) is 19.9. The van der Waals surface area contributed by atoms with Crippen molar-refractivity contribution in [1.82, 2.24) is 25.0 Å². The normalized spacial score (nSPS) is 11.0. The van der Waals surface area contributed by atoms with E-state index in [2.05, 4.69) is 39.6 Å².